The van der Waals surface area contributed by atoms with Crippen LogP contribution in [0.25, 0.3) is 0 Å². The van der Waals surface area contributed by atoms with Crippen LogP contribution in [0.4, 0.5) is 5.69 Å². The molecule has 0 unspecified atom stereocenters. The number of carbonyl (C=O) groups excluding carboxylic acids is 2. The Morgan fingerprint density at radius 3 is 1.91 bits per heavy atom. The molecule has 0 radical (unpaired) electrons. The molecule has 0 bridgehead atoms. The van der Waals surface area contributed by atoms with E-state index in [1.807, 2.05) is 19.9 Å². The highest BCUT2D eigenvalue weighted by atomic mass is 16.2. The number of benzene rings is 2. The van der Waals surface area contributed by atoms with Crippen molar-refractivity contribution in [2.75, 3.05) is 5.32 Å². The van der Waals surface area contributed by atoms with Crippen molar-refractivity contribution in [3.8, 4) is 6.07 Å². The first kappa shape index (κ1) is 16.2. The van der Waals surface area contributed by atoms with E-state index in [4.69, 9.17) is 5.26 Å². The van der Waals surface area contributed by atoms with Gasteiger partial charge < -0.3 is 10.6 Å². The molecule has 116 valence electrons. The third-order valence-electron chi connectivity index (χ3n) is 3.10. The molecule has 5 nitrogen and oxygen atoms in total. The molecule has 23 heavy (non-hydrogen) atoms. The number of rotatable bonds is 4. The first-order valence-corrected chi connectivity index (χ1v) is 7.22. The van der Waals surface area contributed by atoms with Gasteiger partial charge in [-0.15, -0.1) is 0 Å². The summed E-state index contributed by atoms with van der Waals surface area (Å²) in [6.45, 7) is 3.77. The number of nitrogens with one attached hydrogen (secondary N) is 2. The minimum atomic E-state index is -0.273. The lowest BCUT2D eigenvalue weighted by atomic mass is 10.1. The van der Waals surface area contributed by atoms with Crippen molar-refractivity contribution in [3.63, 3.8) is 0 Å². The Bertz CT molecular complexity index is 741. The number of amides is 2. The van der Waals surface area contributed by atoms with E-state index in [1.165, 1.54) is 0 Å². The predicted molar refractivity (Wildman–Crippen MR) is 88.2 cm³/mol. The minimum Gasteiger partial charge on any atom is -0.350 e. The van der Waals surface area contributed by atoms with Gasteiger partial charge in [-0.3, -0.25) is 9.59 Å². The van der Waals surface area contributed by atoms with Gasteiger partial charge in [-0.25, -0.2) is 0 Å². The summed E-state index contributed by atoms with van der Waals surface area (Å²) in [4.78, 5) is 24.0. The molecule has 0 aliphatic carbocycles. The van der Waals surface area contributed by atoms with Gasteiger partial charge in [0.25, 0.3) is 11.8 Å². The Morgan fingerprint density at radius 2 is 1.43 bits per heavy atom. The molecule has 2 N–H and O–H groups in total. The summed E-state index contributed by atoms with van der Waals surface area (Å²) in [6.07, 6.45) is 0. The lowest BCUT2D eigenvalue weighted by Crippen LogP contribution is -2.30. The third-order valence-corrected chi connectivity index (χ3v) is 3.10. The lowest BCUT2D eigenvalue weighted by molar-refractivity contribution is 0.0941. The SMILES string of the molecule is CC(C)NC(=O)c1ccc(C(=O)Nc2ccc(C#N)cc2)cc1. The molecule has 2 aromatic carbocycles. The Kier molecular flexibility index (Phi) is 5.11. The van der Waals surface area contributed by atoms with Gasteiger partial charge in [-0.1, -0.05) is 0 Å². The fourth-order valence-electron chi connectivity index (χ4n) is 1.95. The van der Waals surface area contributed by atoms with Crippen LogP contribution in [0.15, 0.2) is 48.5 Å². The molecule has 0 heterocycles. The molecule has 2 amide bonds. The van der Waals surface area contributed by atoms with Crippen LogP contribution in [0.5, 0.6) is 0 Å². The summed E-state index contributed by atoms with van der Waals surface area (Å²) in [5, 5.41) is 14.3. The molecule has 0 atom stereocenters. The van der Waals surface area contributed by atoms with Crippen molar-refractivity contribution in [2.45, 2.75) is 19.9 Å². The number of nitriles is 1. The van der Waals surface area contributed by atoms with Crippen LogP contribution < -0.4 is 10.6 Å². The smallest absolute Gasteiger partial charge is 0.255 e. The van der Waals surface area contributed by atoms with Crippen LogP contribution in [-0.2, 0) is 0 Å². The van der Waals surface area contributed by atoms with E-state index in [1.54, 1.807) is 48.5 Å². The minimum absolute atomic E-state index is 0.0573. The van der Waals surface area contributed by atoms with Crippen LogP contribution in [0, 0.1) is 11.3 Å². The largest absolute Gasteiger partial charge is 0.350 e. The highest BCUT2D eigenvalue weighted by Crippen LogP contribution is 2.12. The molecule has 5 heteroatoms. The Labute approximate surface area is 134 Å². The Morgan fingerprint density at radius 1 is 0.913 bits per heavy atom. The average molecular weight is 307 g/mol. The number of anilines is 1. The van der Waals surface area contributed by atoms with Gasteiger partial charge in [0.2, 0.25) is 0 Å². The maximum Gasteiger partial charge on any atom is 0.255 e. The van der Waals surface area contributed by atoms with Gasteiger partial charge in [-0.2, -0.15) is 5.26 Å². The quantitative estimate of drug-likeness (QED) is 0.911. The van der Waals surface area contributed by atoms with Crippen molar-refractivity contribution < 1.29 is 9.59 Å². The van der Waals surface area contributed by atoms with E-state index in [9.17, 15) is 9.59 Å². The topological polar surface area (TPSA) is 82.0 Å². The number of nitrogens with zero attached hydrogens (tertiary/aromatic N) is 1. The molecule has 0 aromatic heterocycles. The van der Waals surface area contributed by atoms with E-state index in [0.717, 1.165) is 0 Å². The van der Waals surface area contributed by atoms with Gasteiger partial charge >= 0.3 is 0 Å². The number of hydrogen-bond donors (Lipinski definition) is 2. The van der Waals surface area contributed by atoms with E-state index >= 15 is 0 Å². The van der Waals surface area contributed by atoms with Gasteiger partial charge in [-0.05, 0) is 62.4 Å². The Balaban J connectivity index is 2.05. The van der Waals surface area contributed by atoms with Crippen molar-refractivity contribution in [1.82, 2.24) is 5.32 Å². The summed E-state index contributed by atoms with van der Waals surface area (Å²) < 4.78 is 0. The van der Waals surface area contributed by atoms with E-state index in [0.29, 0.717) is 22.4 Å². The molecular weight excluding hydrogens is 290 g/mol. The zero-order valence-corrected chi connectivity index (χ0v) is 13.0. The molecule has 0 saturated heterocycles. The van der Waals surface area contributed by atoms with Gasteiger partial charge in [0.1, 0.15) is 0 Å². The predicted octanol–water partition coefficient (Wildman–Crippen LogP) is 2.95. The summed E-state index contributed by atoms with van der Waals surface area (Å²) in [7, 11) is 0. The van der Waals surface area contributed by atoms with Crippen LogP contribution in [0.3, 0.4) is 0 Å². The molecule has 2 aromatic rings. The average Bonchev–Trinajstić information content (AvgIpc) is 2.55. The summed E-state index contributed by atoms with van der Waals surface area (Å²) in [6, 6.07) is 15.1. The van der Waals surface area contributed by atoms with Crippen molar-refractivity contribution >= 4 is 17.5 Å². The van der Waals surface area contributed by atoms with Crippen molar-refractivity contribution in [1.29, 1.82) is 5.26 Å². The van der Waals surface area contributed by atoms with E-state index in [-0.39, 0.29) is 17.9 Å². The number of carbonyl (C=O) groups is 2. The normalized spacial score (nSPS) is 10.0. The number of hydrogen-bond acceptors (Lipinski definition) is 3. The van der Waals surface area contributed by atoms with Crippen molar-refractivity contribution in [2.24, 2.45) is 0 Å². The van der Waals surface area contributed by atoms with E-state index < -0.39 is 0 Å². The zero-order valence-electron chi connectivity index (χ0n) is 13.0. The molecule has 0 aliphatic heterocycles. The van der Waals surface area contributed by atoms with Gasteiger partial charge in [0.05, 0.1) is 11.6 Å². The second-order valence-electron chi connectivity index (χ2n) is 5.35. The monoisotopic (exact) mass is 307 g/mol. The fraction of sp³-hybridized carbons (Fsp3) is 0.167. The maximum absolute atomic E-state index is 12.2. The highest BCUT2D eigenvalue weighted by Gasteiger charge is 2.10. The second-order valence-corrected chi connectivity index (χ2v) is 5.35. The Hall–Kier alpha value is -3.13. The van der Waals surface area contributed by atoms with E-state index in [2.05, 4.69) is 10.6 Å². The standard InChI is InChI=1S/C18H17N3O2/c1-12(2)20-17(22)14-5-7-15(8-6-14)18(23)21-16-9-3-13(11-19)4-10-16/h3-10,12H,1-2H3,(H,20,22)(H,21,23). The summed E-state index contributed by atoms with van der Waals surface area (Å²) in [5.41, 5.74) is 2.10. The molecular formula is C18H17N3O2. The van der Waals surface area contributed by atoms with Crippen LogP contribution in [0.1, 0.15) is 40.1 Å². The van der Waals surface area contributed by atoms with Gasteiger partial charge in [0, 0.05) is 22.9 Å². The van der Waals surface area contributed by atoms with Crippen LogP contribution in [0.2, 0.25) is 0 Å². The summed E-state index contributed by atoms with van der Waals surface area (Å²) in [5.74, 6) is -0.440. The van der Waals surface area contributed by atoms with Crippen LogP contribution in [-0.4, -0.2) is 17.9 Å². The first-order valence-electron chi connectivity index (χ1n) is 7.22. The second kappa shape index (κ2) is 7.23. The van der Waals surface area contributed by atoms with Crippen molar-refractivity contribution in [3.05, 3.63) is 65.2 Å². The fourth-order valence-corrected chi connectivity index (χ4v) is 1.95. The molecule has 2 rings (SSSR count). The zero-order chi connectivity index (χ0) is 16.8. The first-order chi connectivity index (χ1) is 11.0. The van der Waals surface area contributed by atoms with Gasteiger partial charge in [0.15, 0.2) is 0 Å². The molecule has 0 saturated carbocycles. The molecule has 0 fully saturated rings. The highest BCUT2D eigenvalue weighted by molar-refractivity contribution is 6.05. The van der Waals surface area contributed by atoms with Crippen LogP contribution >= 0.6 is 0 Å². The molecule has 0 aliphatic rings. The maximum atomic E-state index is 12.2. The lowest BCUT2D eigenvalue weighted by Gasteiger charge is -2.09. The third kappa shape index (κ3) is 4.42. The molecule has 0 spiro atoms. The summed E-state index contributed by atoms with van der Waals surface area (Å²) >= 11 is 0.